The first-order valence-electron chi connectivity index (χ1n) is 4.80. The van der Waals surface area contributed by atoms with Gasteiger partial charge >= 0.3 is 0 Å². The molecule has 0 aliphatic rings. The molecule has 0 saturated heterocycles. The van der Waals surface area contributed by atoms with Crippen LogP contribution in [0.25, 0.3) is 0 Å². The molecule has 2 amide bonds. The molecule has 0 heterocycles. The molecule has 0 aromatic heterocycles. The SMILES string of the molecule is CCOCC(=O)NCC(=O)NCCOC. The molecule has 0 bridgehead atoms. The molecule has 15 heavy (non-hydrogen) atoms. The van der Waals surface area contributed by atoms with Gasteiger partial charge in [0.25, 0.3) is 0 Å². The molecular weight excluding hydrogens is 200 g/mol. The molecule has 0 saturated carbocycles. The van der Waals surface area contributed by atoms with E-state index in [-0.39, 0.29) is 25.0 Å². The van der Waals surface area contributed by atoms with Crippen molar-refractivity contribution < 1.29 is 19.1 Å². The summed E-state index contributed by atoms with van der Waals surface area (Å²) in [5.41, 5.74) is 0. The van der Waals surface area contributed by atoms with E-state index in [0.717, 1.165) is 0 Å². The van der Waals surface area contributed by atoms with Gasteiger partial charge in [-0.05, 0) is 6.92 Å². The minimum Gasteiger partial charge on any atom is -0.383 e. The third-order valence-corrected chi connectivity index (χ3v) is 1.51. The lowest BCUT2D eigenvalue weighted by Crippen LogP contribution is -2.39. The van der Waals surface area contributed by atoms with Gasteiger partial charge in [-0.2, -0.15) is 0 Å². The Bertz CT molecular complexity index is 197. The van der Waals surface area contributed by atoms with E-state index < -0.39 is 0 Å². The van der Waals surface area contributed by atoms with Gasteiger partial charge in [0.2, 0.25) is 11.8 Å². The molecule has 0 rings (SSSR count). The van der Waals surface area contributed by atoms with Crippen molar-refractivity contribution in [3.63, 3.8) is 0 Å². The van der Waals surface area contributed by atoms with Crippen LogP contribution in [0.1, 0.15) is 6.92 Å². The first-order chi connectivity index (χ1) is 7.20. The van der Waals surface area contributed by atoms with Crippen LogP contribution in [0.5, 0.6) is 0 Å². The van der Waals surface area contributed by atoms with Crippen LogP contribution in [-0.4, -0.2) is 51.8 Å². The lowest BCUT2D eigenvalue weighted by Gasteiger charge is -2.06. The Kier molecular flexibility index (Phi) is 8.70. The van der Waals surface area contributed by atoms with Crippen LogP contribution in [0.2, 0.25) is 0 Å². The number of carbonyl (C=O) groups excluding carboxylic acids is 2. The van der Waals surface area contributed by atoms with E-state index in [1.165, 1.54) is 0 Å². The van der Waals surface area contributed by atoms with Crippen LogP contribution in [0, 0.1) is 0 Å². The van der Waals surface area contributed by atoms with Gasteiger partial charge in [0.05, 0.1) is 13.2 Å². The molecule has 88 valence electrons. The van der Waals surface area contributed by atoms with Gasteiger partial charge in [-0.1, -0.05) is 0 Å². The summed E-state index contributed by atoms with van der Waals surface area (Å²) in [5, 5.41) is 5.00. The molecule has 0 aromatic carbocycles. The largest absolute Gasteiger partial charge is 0.383 e. The number of ether oxygens (including phenoxy) is 2. The Hall–Kier alpha value is -1.14. The zero-order valence-electron chi connectivity index (χ0n) is 9.17. The summed E-state index contributed by atoms with van der Waals surface area (Å²) in [4.78, 5) is 22.1. The fourth-order valence-electron chi connectivity index (χ4n) is 0.780. The normalized spacial score (nSPS) is 9.73. The highest BCUT2D eigenvalue weighted by Gasteiger charge is 2.04. The number of amides is 2. The second-order valence-electron chi connectivity index (χ2n) is 2.76. The average molecular weight is 218 g/mol. The van der Waals surface area contributed by atoms with E-state index in [4.69, 9.17) is 9.47 Å². The van der Waals surface area contributed by atoms with E-state index >= 15 is 0 Å². The number of rotatable bonds is 8. The molecule has 2 N–H and O–H groups in total. The van der Waals surface area contributed by atoms with Crippen molar-refractivity contribution in [3.8, 4) is 0 Å². The van der Waals surface area contributed by atoms with Crippen LogP contribution >= 0.6 is 0 Å². The van der Waals surface area contributed by atoms with Gasteiger partial charge in [0, 0.05) is 20.3 Å². The van der Waals surface area contributed by atoms with Crippen LogP contribution < -0.4 is 10.6 Å². The van der Waals surface area contributed by atoms with E-state index in [1.54, 1.807) is 14.0 Å². The molecule has 6 nitrogen and oxygen atoms in total. The summed E-state index contributed by atoms with van der Waals surface area (Å²) in [6, 6.07) is 0. The monoisotopic (exact) mass is 218 g/mol. The summed E-state index contributed by atoms with van der Waals surface area (Å²) in [6.07, 6.45) is 0. The molecule has 0 radical (unpaired) electrons. The van der Waals surface area contributed by atoms with Gasteiger partial charge in [-0.3, -0.25) is 9.59 Å². The van der Waals surface area contributed by atoms with Crippen molar-refractivity contribution >= 4 is 11.8 Å². The Labute approximate surface area is 89.3 Å². The van der Waals surface area contributed by atoms with Crippen molar-refractivity contribution in [1.82, 2.24) is 10.6 Å². The minimum absolute atomic E-state index is 0.0121. The third-order valence-electron chi connectivity index (χ3n) is 1.51. The first-order valence-corrected chi connectivity index (χ1v) is 4.80. The van der Waals surface area contributed by atoms with Crippen LogP contribution in [0.15, 0.2) is 0 Å². The second-order valence-corrected chi connectivity index (χ2v) is 2.76. The van der Waals surface area contributed by atoms with Crippen molar-refractivity contribution in [2.24, 2.45) is 0 Å². The Morgan fingerprint density at radius 3 is 2.53 bits per heavy atom. The summed E-state index contributed by atoms with van der Waals surface area (Å²) in [7, 11) is 1.55. The van der Waals surface area contributed by atoms with Crippen LogP contribution in [0.3, 0.4) is 0 Å². The topological polar surface area (TPSA) is 76.7 Å². The predicted octanol–water partition coefficient (Wildman–Crippen LogP) is -1.10. The molecule has 0 unspecified atom stereocenters. The highest BCUT2D eigenvalue weighted by molar-refractivity contribution is 5.85. The molecule has 0 aliphatic carbocycles. The number of hydrogen-bond acceptors (Lipinski definition) is 4. The lowest BCUT2D eigenvalue weighted by atomic mass is 10.5. The Balaban J connectivity index is 3.40. The number of carbonyl (C=O) groups is 2. The maximum absolute atomic E-state index is 11.1. The standard InChI is InChI=1S/C9H18N2O4/c1-3-15-7-9(13)11-6-8(12)10-4-5-14-2/h3-7H2,1-2H3,(H,10,12)(H,11,13). The first kappa shape index (κ1) is 13.9. The van der Waals surface area contributed by atoms with Gasteiger partial charge in [-0.15, -0.1) is 0 Å². The van der Waals surface area contributed by atoms with Crippen molar-refractivity contribution in [2.75, 3.05) is 40.0 Å². The second kappa shape index (κ2) is 9.42. The molecular formula is C9H18N2O4. The van der Waals surface area contributed by atoms with Crippen molar-refractivity contribution in [1.29, 1.82) is 0 Å². The van der Waals surface area contributed by atoms with Gasteiger partial charge < -0.3 is 20.1 Å². The minimum atomic E-state index is -0.293. The average Bonchev–Trinajstić information content (AvgIpc) is 2.24. The highest BCUT2D eigenvalue weighted by atomic mass is 16.5. The summed E-state index contributed by atoms with van der Waals surface area (Å²) in [6.45, 7) is 3.13. The molecule has 6 heteroatoms. The zero-order valence-corrected chi connectivity index (χ0v) is 9.17. The maximum Gasteiger partial charge on any atom is 0.246 e. The van der Waals surface area contributed by atoms with Gasteiger partial charge in [-0.25, -0.2) is 0 Å². The third kappa shape index (κ3) is 9.17. The van der Waals surface area contributed by atoms with E-state index in [1.807, 2.05) is 0 Å². The Morgan fingerprint density at radius 1 is 1.20 bits per heavy atom. The molecule has 0 aliphatic heterocycles. The number of hydrogen-bond donors (Lipinski definition) is 2. The summed E-state index contributed by atoms with van der Waals surface area (Å²) in [5.74, 6) is -0.532. The van der Waals surface area contributed by atoms with Crippen molar-refractivity contribution in [2.45, 2.75) is 6.92 Å². The zero-order chi connectivity index (χ0) is 11.5. The number of nitrogens with one attached hydrogen (secondary N) is 2. The fourth-order valence-corrected chi connectivity index (χ4v) is 0.780. The van der Waals surface area contributed by atoms with Crippen LogP contribution in [0.4, 0.5) is 0 Å². The van der Waals surface area contributed by atoms with Crippen molar-refractivity contribution in [3.05, 3.63) is 0 Å². The molecule has 0 fully saturated rings. The molecule has 0 spiro atoms. The Morgan fingerprint density at radius 2 is 1.93 bits per heavy atom. The molecule has 0 atom stereocenters. The molecule has 0 aromatic rings. The smallest absolute Gasteiger partial charge is 0.246 e. The summed E-state index contributed by atoms with van der Waals surface area (Å²) >= 11 is 0. The van der Waals surface area contributed by atoms with E-state index in [9.17, 15) is 9.59 Å². The lowest BCUT2D eigenvalue weighted by molar-refractivity contribution is -0.128. The van der Waals surface area contributed by atoms with Gasteiger partial charge in [0.15, 0.2) is 0 Å². The highest BCUT2D eigenvalue weighted by Crippen LogP contribution is 1.74. The van der Waals surface area contributed by atoms with E-state index in [0.29, 0.717) is 19.8 Å². The summed E-state index contributed by atoms with van der Waals surface area (Å²) < 4.78 is 9.61. The van der Waals surface area contributed by atoms with E-state index in [2.05, 4.69) is 10.6 Å². The van der Waals surface area contributed by atoms with Crippen LogP contribution in [-0.2, 0) is 19.1 Å². The van der Waals surface area contributed by atoms with Gasteiger partial charge in [0.1, 0.15) is 6.61 Å². The predicted molar refractivity (Wildman–Crippen MR) is 54.4 cm³/mol. The number of methoxy groups -OCH3 is 1. The quantitative estimate of drug-likeness (QED) is 0.507. The fraction of sp³-hybridized carbons (Fsp3) is 0.778. The maximum atomic E-state index is 11.1.